The number of aromatic nitrogens is 4. The van der Waals surface area contributed by atoms with Crippen LogP contribution in [0.4, 0.5) is 28.8 Å². The third kappa shape index (κ3) is 5.19. The Morgan fingerprint density at radius 2 is 1.74 bits per heavy atom. The zero-order valence-corrected chi connectivity index (χ0v) is 22.4. The molecule has 2 aliphatic rings. The third-order valence-corrected chi connectivity index (χ3v) is 7.62. The summed E-state index contributed by atoms with van der Waals surface area (Å²) in [6.07, 6.45) is 11.9. The number of methoxy groups -OCH3 is 1. The minimum Gasteiger partial charge on any atom is -0.495 e. The molecule has 1 aliphatic heterocycles. The van der Waals surface area contributed by atoms with Crippen molar-refractivity contribution in [1.82, 2.24) is 25.3 Å². The third-order valence-electron chi connectivity index (χ3n) is 7.21. The predicted octanol–water partition coefficient (Wildman–Crippen LogP) is 5.95. The summed E-state index contributed by atoms with van der Waals surface area (Å²) in [4.78, 5) is 18.6. The lowest BCUT2D eigenvalue weighted by atomic mass is 9.90. The van der Waals surface area contributed by atoms with Crippen LogP contribution in [0.2, 0.25) is 0 Å². The van der Waals surface area contributed by atoms with Crippen LogP contribution in [-0.4, -0.2) is 46.4 Å². The fourth-order valence-corrected chi connectivity index (χ4v) is 5.47. The first-order valence-electron chi connectivity index (χ1n) is 13.1. The van der Waals surface area contributed by atoms with Crippen LogP contribution in [0.25, 0.3) is 11.0 Å². The maximum atomic E-state index is 5.76. The number of hydrogen-bond acceptors (Lipinski definition) is 10. The normalized spacial score (nSPS) is 15.8. The zero-order chi connectivity index (χ0) is 25.9. The van der Waals surface area contributed by atoms with Gasteiger partial charge in [-0.1, -0.05) is 18.0 Å². The molecule has 10 heteroatoms. The van der Waals surface area contributed by atoms with Crippen molar-refractivity contribution in [2.75, 3.05) is 41.8 Å². The van der Waals surface area contributed by atoms with Crippen molar-refractivity contribution in [3.63, 3.8) is 0 Å². The van der Waals surface area contributed by atoms with Gasteiger partial charge >= 0.3 is 0 Å². The van der Waals surface area contributed by atoms with Gasteiger partial charge in [0.05, 0.1) is 29.7 Å². The highest BCUT2D eigenvalue weighted by Gasteiger charge is 2.28. The number of rotatable bonds is 9. The summed E-state index contributed by atoms with van der Waals surface area (Å²) < 4.78 is 9.14. The van der Waals surface area contributed by atoms with E-state index in [-0.39, 0.29) is 0 Å². The van der Waals surface area contributed by atoms with Crippen LogP contribution in [0.3, 0.4) is 0 Å². The van der Waals surface area contributed by atoms with Crippen LogP contribution in [-0.2, 0) is 0 Å². The van der Waals surface area contributed by atoms with Gasteiger partial charge in [-0.3, -0.25) is 9.97 Å². The van der Waals surface area contributed by atoms with E-state index >= 15 is 0 Å². The summed E-state index contributed by atoms with van der Waals surface area (Å²) in [5.41, 5.74) is 6.71. The number of benzene rings is 2. The molecule has 0 atom stereocenters. The van der Waals surface area contributed by atoms with Gasteiger partial charge in [0.1, 0.15) is 17.1 Å². The van der Waals surface area contributed by atoms with Gasteiger partial charge in [-0.05, 0) is 80.4 Å². The van der Waals surface area contributed by atoms with E-state index in [0.717, 1.165) is 84.0 Å². The molecule has 6 rings (SSSR count). The summed E-state index contributed by atoms with van der Waals surface area (Å²) in [5.74, 6) is 3.14. The zero-order valence-electron chi connectivity index (χ0n) is 21.6. The fraction of sp³-hybridized carbons (Fsp3) is 0.357. The molecule has 1 saturated carbocycles. The lowest BCUT2D eigenvalue weighted by Crippen LogP contribution is -2.26. The van der Waals surface area contributed by atoms with E-state index in [9.17, 15) is 0 Å². The second-order valence-electron chi connectivity index (χ2n) is 9.72. The number of ether oxygens (including phenoxy) is 1. The van der Waals surface area contributed by atoms with Crippen molar-refractivity contribution in [3.8, 4) is 5.75 Å². The van der Waals surface area contributed by atoms with Crippen LogP contribution < -0.4 is 25.4 Å². The quantitative estimate of drug-likeness (QED) is 0.195. The molecule has 9 nitrogen and oxygen atoms in total. The number of piperidine rings is 1. The van der Waals surface area contributed by atoms with Gasteiger partial charge in [0.25, 0.3) is 0 Å². The van der Waals surface area contributed by atoms with Crippen molar-refractivity contribution < 1.29 is 4.74 Å². The Balaban J connectivity index is 1.31. The Bertz CT molecular complexity index is 1440. The minimum absolute atomic E-state index is 0.475. The minimum atomic E-state index is 0.475. The van der Waals surface area contributed by atoms with Crippen molar-refractivity contribution in [2.45, 2.75) is 37.5 Å². The van der Waals surface area contributed by atoms with Crippen molar-refractivity contribution in [2.24, 2.45) is 0 Å². The highest BCUT2D eigenvalue weighted by molar-refractivity contribution is 7.99. The van der Waals surface area contributed by atoms with E-state index in [1.807, 2.05) is 24.6 Å². The smallest absolute Gasteiger partial charge is 0.229 e. The predicted molar refractivity (Wildman–Crippen MR) is 155 cm³/mol. The van der Waals surface area contributed by atoms with E-state index in [1.165, 1.54) is 17.5 Å². The van der Waals surface area contributed by atoms with Gasteiger partial charge in [0.15, 0.2) is 0 Å². The largest absolute Gasteiger partial charge is 0.495 e. The standard InChI is InChI=1S/C28H32N8OS/c1-37-24-15-19(17-9-11-29-12-10-17)5-6-21(24)34-28-32-16-20(18-3-4-18)27(35-28)33-23-8-7-22-25(26(23)36-38-2)31-14-13-30-22/h5-8,13-18,29,36H,3-4,9-12H2,1-2H3,(H2,32,33,34,35). The van der Waals surface area contributed by atoms with E-state index in [0.29, 0.717) is 17.8 Å². The average molecular weight is 529 g/mol. The fourth-order valence-electron chi connectivity index (χ4n) is 5.06. The molecule has 0 unspecified atom stereocenters. The Morgan fingerprint density at radius 3 is 2.53 bits per heavy atom. The van der Waals surface area contributed by atoms with Crippen LogP contribution in [0.1, 0.15) is 48.6 Å². The van der Waals surface area contributed by atoms with Crippen LogP contribution >= 0.6 is 11.9 Å². The summed E-state index contributed by atoms with van der Waals surface area (Å²) in [7, 11) is 1.71. The SMILES string of the molecule is COc1cc(C2CCNCC2)ccc1Nc1ncc(C2CC2)c(Nc2ccc3nccnc3c2NSC)n1. The molecule has 4 N–H and O–H groups in total. The second kappa shape index (κ2) is 11.0. The molecule has 196 valence electrons. The summed E-state index contributed by atoms with van der Waals surface area (Å²) >= 11 is 1.52. The lowest BCUT2D eigenvalue weighted by molar-refractivity contribution is 0.413. The van der Waals surface area contributed by atoms with Crippen LogP contribution in [0.5, 0.6) is 5.75 Å². The summed E-state index contributed by atoms with van der Waals surface area (Å²) in [5, 5.41) is 10.4. The van der Waals surface area contributed by atoms with Crippen molar-refractivity contribution in [3.05, 3.63) is 60.0 Å². The molecule has 2 aromatic carbocycles. The Morgan fingerprint density at radius 1 is 0.921 bits per heavy atom. The van der Waals surface area contributed by atoms with Crippen LogP contribution in [0.15, 0.2) is 48.9 Å². The highest BCUT2D eigenvalue weighted by Crippen LogP contribution is 2.44. The Hall–Kier alpha value is -3.63. The topological polar surface area (TPSA) is 109 Å². The Kier molecular flexibility index (Phi) is 7.15. The lowest BCUT2D eigenvalue weighted by Gasteiger charge is -2.24. The van der Waals surface area contributed by atoms with Gasteiger partial charge in [-0.2, -0.15) is 4.98 Å². The van der Waals surface area contributed by atoms with E-state index in [1.54, 1.807) is 19.5 Å². The number of hydrogen-bond donors (Lipinski definition) is 4. The number of anilines is 5. The van der Waals surface area contributed by atoms with Gasteiger partial charge in [0.2, 0.25) is 5.95 Å². The first kappa shape index (κ1) is 24.7. The molecular weight excluding hydrogens is 496 g/mol. The molecular formula is C28H32N8OS. The van der Waals surface area contributed by atoms with E-state index < -0.39 is 0 Å². The number of fused-ring (bicyclic) bond motifs is 1. The second-order valence-corrected chi connectivity index (χ2v) is 10.3. The Labute approximate surface area is 226 Å². The maximum Gasteiger partial charge on any atom is 0.229 e. The molecule has 0 amide bonds. The number of nitrogens with zero attached hydrogens (tertiary/aromatic N) is 4. The molecule has 3 heterocycles. The first-order chi connectivity index (χ1) is 18.7. The van der Waals surface area contributed by atoms with E-state index in [4.69, 9.17) is 9.72 Å². The molecule has 0 radical (unpaired) electrons. The average Bonchev–Trinajstić information content (AvgIpc) is 3.81. The molecule has 0 spiro atoms. The molecule has 4 aromatic rings. The van der Waals surface area contributed by atoms with Gasteiger partial charge in [-0.25, -0.2) is 4.98 Å². The number of nitrogens with one attached hydrogen (secondary N) is 4. The van der Waals surface area contributed by atoms with Crippen LogP contribution in [0, 0.1) is 0 Å². The van der Waals surface area contributed by atoms with Gasteiger partial charge < -0.3 is 25.4 Å². The maximum absolute atomic E-state index is 5.76. The molecule has 1 saturated heterocycles. The highest BCUT2D eigenvalue weighted by atomic mass is 32.2. The van der Waals surface area contributed by atoms with Gasteiger partial charge in [0, 0.05) is 30.4 Å². The molecule has 0 bridgehead atoms. The molecule has 38 heavy (non-hydrogen) atoms. The van der Waals surface area contributed by atoms with E-state index in [2.05, 4.69) is 53.8 Å². The van der Waals surface area contributed by atoms with Gasteiger partial charge in [-0.15, -0.1) is 0 Å². The molecule has 1 aliphatic carbocycles. The summed E-state index contributed by atoms with van der Waals surface area (Å²) in [6.45, 7) is 2.11. The molecule has 2 fully saturated rings. The molecule has 2 aromatic heterocycles. The summed E-state index contributed by atoms with van der Waals surface area (Å²) in [6, 6.07) is 10.4. The first-order valence-corrected chi connectivity index (χ1v) is 14.3. The van der Waals surface area contributed by atoms with Crippen molar-refractivity contribution in [1.29, 1.82) is 0 Å². The van der Waals surface area contributed by atoms with Crippen molar-refractivity contribution >= 4 is 51.8 Å². The monoisotopic (exact) mass is 528 g/mol.